The molecule has 1 fully saturated rings. The zero-order valence-corrected chi connectivity index (χ0v) is 23.4. The van der Waals surface area contributed by atoms with Gasteiger partial charge in [0, 0.05) is 23.9 Å². The van der Waals surface area contributed by atoms with E-state index in [0.717, 1.165) is 0 Å². The number of thiazole rings is 1. The van der Waals surface area contributed by atoms with Crippen LogP contribution >= 0.6 is 34.9 Å². The molecule has 14 nitrogen and oxygen atoms in total. The number of thioether (sulfide) groups is 2. The normalized spacial score (nSPS) is 19.1. The molecule has 0 unspecified atom stereocenters. The highest BCUT2D eigenvalue weighted by molar-refractivity contribution is 8.01. The first-order chi connectivity index (χ1) is 18.0. The number of aryl methyl sites for hydroxylation is 1. The van der Waals surface area contributed by atoms with E-state index in [0.29, 0.717) is 33.1 Å². The molecule has 1 saturated heterocycles. The molecule has 2 aromatic heterocycles. The van der Waals surface area contributed by atoms with Crippen molar-refractivity contribution in [2.45, 2.75) is 43.8 Å². The van der Waals surface area contributed by atoms with Gasteiger partial charge in [-0.1, -0.05) is 11.8 Å². The second-order valence-electron chi connectivity index (χ2n) is 9.37. The number of tetrazole rings is 1. The molecule has 2 atom stereocenters. The summed E-state index contributed by atoms with van der Waals surface area (Å²) < 4.78 is 11.8. The number of esters is 2. The van der Waals surface area contributed by atoms with Crippen LogP contribution in [0.25, 0.3) is 0 Å². The number of aromatic nitrogens is 5. The number of amides is 2. The maximum absolute atomic E-state index is 13.1. The van der Waals surface area contributed by atoms with Crippen LogP contribution in [0.3, 0.4) is 0 Å². The number of nitrogens with one attached hydrogen (secondary N) is 1. The third-order valence-corrected chi connectivity index (χ3v) is 8.58. The van der Waals surface area contributed by atoms with Gasteiger partial charge in [0.1, 0.15) is 17.1 Å². The van der Waals surface area contributed by atoms with Crippen LogP contribution < -0.4 is 11.1 Å². The number of nitrogen functional groups attached to an aromatic ring is 1. The number of hydrogen-bond acceptors (Lipinski definition) is 14. The van der Waals surface area contributed by atoms with Gasteiger partial charge in [-0.15, -0.1) is 28.2 Å². The number of nitrogens with zero attached hydrogens (tertiary/aromatic N) is 6. The van der Waals surface area contributed by atoms with Gasteiger partial charge >= 0.3 is 11.9 Å². The molecular weight excluding hydrogens is 556 g/mol. The average Bonchev–Trinajstić information content (AvgIpc) is 3.46. The van der Waals surface area contributed by atoms with Crippen LogP contribution in [0.5, 0.6) is 0 Å². The fourth-order valence-electron chi connectivity index (χ4n) is 3.49. The Hall–Kier alpha value is -3.18. The Labute approximate surface area is 230 Å². The van der Waals surface area contributed by atoms with E-state index in [-0.39, 0.29) is 18.0 Å². The number of carbonyl (C=O) groups is 4. The van der Waals surface area contributed by atoms with E-state index in [1.165, 1.54) is 44.4 Å². The lowest BCUT2D eigenvalue weighted by Gasteiger charge is -2.49. The van der Waals surface area contributed by atoms with E-state index < -0.39 is 41.5 Å². The molecule has 0 spiro atoms. The summed E-state index contributed by atoms with van der Waals surface area (Å²) >= 11 is 3.93. The molecule has 2 aromatic rings. The highest BCUT2D eigenvalue weighted by atomic mass is 32.2. The third kappa shape index (κ3) is 6.10. The van der Waals surface area contributed by atoms with Crippen molar-refractivity contribution in [1.82, 2.24) is 35.4 Å². The lowest BCUT2D eigenvalue weighted by Crippen LogP contribution is -2.70. The van der Waals surface area contributed by atoms with Crippen LogP contribution in [-0.2, 0) is 42.1 Å². The highest BCUT2D eigenvalue weighted by Crippen LogP contribution is 2.41. The number of rotatable bonds is 9. The SMILES string of the molecule is Cn1nnnc1SCC1=C(C(=O)OCOC(=O)C(C)(C)C)N2C(=O)[C@@H](NC(=O)Cc3csc(N)n3)[C@H]2SC1. The van der Waals surface area contributed by atoms with Crippen molar-refractivity contribution in [1.29, 1.82) is 0 Å². The van der Waals surface area contributed by atoms with Crippen molar-refractivity contribution in [3.05, 3.63) is 22.3 Å². The number of carbonyl (C=O) groups excluding carboxylic acids is 4. The monoisotopic (exact) mass is 582 g/mol. The molecular formula is C21H26N8O6S3. The molecule has 2 aliphatic heterocycles. The Morgan fingerprint density at radius 3 is 2.68 bits per heavy atom. The van der Waals surface area contributed by atoms with Crippen LogP contribution in [0, 0.1) is 5.41 Å². The quantitative estimate of drug-likeness (QED) is 0.178. The minimum atomic E-state index is -0.817. The number of ether oxygens (including phenoxy) is 2. The van der Waals surface area contributed by atoms with Crippen molar-refractivity contribution in [3.63, 3.8) is 0 Å². The van der Waals surface area contributed by atoms with Crippen LogP contribution in [-0.4, -0.2) is 83.6 Å². The van der Waals surface area contributed by atoms with Crippen LogP contribution in [0.2, 0.25) is 0 Å². The van der Waals surface area contributed by atoms with Gasteiger partial charge in [0.15, 0.2) is 5.13 Å². The van der Waals surface area contributed by atoms with Gasteiger partial charge in [0.25, 0.3) is 5.91 Å². The molecule has 38 heavy (non-hydrogen) atoms. The summed E-state index contributed by atoms with van der Waals surface area (Å²) in [5.41, 5.74) is 6.04. The zero-order chi connectivity index (χ0) is 27.6. The Balaban J connectivity index is 1.47. The fourth-order valence-corrected chi connectivity index (χ4v) is 6.39. The van der Waals surface area contributed by atoms with Gasteiger partial charge in [-0.25, -0.2) is 14.5 Å². The van der Waals surface area contributed by atoms with E-state index >= 15 is 0 Å². The van der Waals surface area contributed by atoms with E-state index in [1.54, 1.807) is 33.2 Å². The minimum absolute atomic E-state index is 0.0215. The second-order valence-corrected chi connectivity index (χ2v) is 12.3. The van der Waals surface area contributed by atoms with Gasteiger partial charge in [-0.3, -0.25) is 19.3 Å². The first kappa shape index (κ1) is 27.8. The number of nitrogens with two attached hydrogens (primary N) is 1. The molecule has 0 radical (unpaired) electrons. The molecule has 204 valence electrons. The van der Waals surface area contributed by atoms with Crippen LogP contribution in [0.4, 0.5) is 5.13 Å². The number of β-lactam (4-membered cyclic amide) rings is 1. The van der Waals surface area contributed by atoms with E-state index in [4.69, 9.17) is 15.2 Å². The molecule has 3 N–H and O–H groups in total. The molecule has 0 saturated carbocycles. The van der Waals surface area contributed by atoms with Crippen LogP contribution in [0.15, 0.2) is 21.8 Å². The first-order valence-electron chi connectivity index (χ1n) is 11.3. The summed E-state index contributed by atoms with van der Waals surface area (Å²) in [6.45, 7) is 4.43. The summed E-state index contributed by atoms with van der Waals surface area (Å²) in [4.78, 5) is 56.2. The minimum Gasteiger partial charge on any atom is -0.427 e. The van der Waals surface area contributed by atoms with Gasteiger partial charge in [0.2, 0.25) is 17.9 Å². The Morgan fingerprint density at radius 2 is 2.05 bits per heavy atom. The molecule has 17 heteroatoms. The van der Waals surface area contributed by atoms with Crippen LogP contribution in [0.1, 0.15) is 26.5 Å². The van der Waals surface area contributed by atoms with Gasteiger partial charge in [-0.05, 0) is 36.8 Å². The lowest BCUT2D eigenvalue weighted by atomic mass is 9.98. The summed E-state index contributed by atoms with van der Waals surface area (Å²) in [5, 5.41) is 16.1. The van der Waals surface area contributed by atoms with Gasteiger partial charge < -0.3 is 20.5 Å². The lowest BCUT2D eigenvalue weighted by molar-refractivity contribution is -0.173. The smallest absolute Gasteiger partial charge is 0.357 e. The molecule has 0 aromatic carbocycles. The summed E-state index contributed by atoms with van der Waals surface area (Å²) in [7, 11) is 1.69. The third-order valence-electron chi connectivity index (χ3n) is 5.42. The number of fused-ring (bicyclic) bond motifs is 1. The van der Waals surface area contributed by atoms with Crippen molar-refractivity contribution < 1.29 is 28.7 Å². The molecule has 0 bridgehead atoms. The molecule has 4 heterocycles. The molecule has 0 aliphatic carbocycles. The summed E-state index contributed by atoms with van der Waals surface area (Å²) in [6.07, 6.45) is -0.0215. The number of hydrogen-bond donors (Lipinski definition) is 2. The van der Waals surface area contributed by atoms with Gasteiger partial charge in [-0.2, -0.15) is 0 Å². The molecule has 4 rings (SSSR count). The largest absolute Gasteiger partial charge is 0.427 e. The molecule has 2 aliphatic rings. The van der Waals surface area contributed by atoms with E-state index in [1.807, 2.05) is 0 Å². The number of anilines is 1. The Kier molecular flexibility index (Phi) is 8.27. The first-order valence-corrected chi connectivity index (χ1v) is 14.2. The zero-order valence-electron chi connectivity index (χ0n) is 21.0. The van der Waals surface area contributed by atoms with Crippen molar-refractivity contribution >= 4 is 63.7 Å². The summed E-state index contributed by atoms with van der Waals surface area (Å²) in [6, 6.07) is -0.817. The fraction of sp³-hybridized carbons (Fsp3) is 0.524. The van der Waals surface area contributed by atoms with E-state index in [9.17, 15) is 19.2 Å². The average molecular weight is 583 g/mol. The maximum atomic E-state index is 13.1. The highest BCUT2D eigenvalue weighted by Gasteiger charge is 2.54. The second kappa shape index (κ2) is 11.3. The van der Waals surface area contributed by atoms with Crippen molar-refractivity contribution in [3.8, 4) is 0 Å². The van der Waals surface area contributed by atoms with E-state index in [2.05, 4.69) is 25.8 Å². The maximum Gasteiger partial charge on any atom is 0.357 e. The van der Waals surface area contributed by atoms with Crippen molar-refractivity contribution in [2.24, 2.45) is 12.5 Å². The summed E-state index contributed by atoms with van der Waals surface area (Å²) in [5.74, 6) is -1.46. The Morgan fingerprint density at radius 1 is 1.29 bits per heavy atom. The standard InChI is InChI=1S/C21H26N8O6S3/c1-21(2,3)18(33)35-9-34-17(32)14-10(7-38-20-25-26-27-28(20)4)6-36-16-13(15(31)29(14)16)24-12(30)5-11-8-37-19(22)23-11/h8,13,16H,5-7,9H2,1-4H3,(H2,22,23)(H,24,30)/t13-,16-/m1/s1. The predicted octanol–water partition coefficient (Wildman–Crippen LogP) is 0.328. The molecule has 2 amide bonds. The van der Waals surface area contributed by atoms with Crippen molar-refractivity contribution in [2.75, 3.05) is 24.0 Å². The van der Waals surface area contributed by atoms with Gasteiger partial charge in [0.05, 0.1) is 17.5 Å². The Bertz CT molecular complexity index is 1290. The topological polar surface area (TPSA) is 185 Å². The predicted molar refractivity (Wildman–Crippen MR) is 138 cm³/mol.